The number of ketones is 1. The quantitative estimate of drug-likeness (QED) is 0.162. The molecule has 4 rings (SSSR count). The van der Waals surface area contributed by atoms with E-state index in [1.54, 1.807) is 31.2 Å². The molecule has 9 nitrogen and oxygen atoms in total. The number of halogens is 2. The van der Waals surface area contributed by atoms with Crippen LogP contribution >= 0.6 is 23.2 Å². The second-order valence-corrected chi connectivity index (χ2v) is 13.1. The molecule has 2 N–H and O–H groups in total. The highest BCUT2D eigenvalue weighted by Crippen LogP contribution is 2.40. The van der Waals surface area contributed by atoms with Crippen LogP contribution in [0.5, 0.6) is 0 Å². The van der Waals surface area contributed by atoms with E-state index < -0.39 is 37.7 Å². The van der Waals surface area contributed by atoms with E-state index in [1.807, 2.05) is 0 Å². The zero-order valence-electron chi connectivity index (χ0n) is 21.7. The number of hydrogen-bond donors (Lipinski definition) is 2. The Bertz CT molecular complexity index is 1840. The van der Waals surface area contributed by atoms with Crippen molar-refractivity contribution in [3.63, 3.8) is 0 Å². The Morgan fingerprint density at radius 1 is 0.780 bits per heavy atom. The van der Waals surface area contributed by atoms with E-state index >= 15 is 0 Å². The summed E-state index contributed by atoms with van der Waals surface area (Å²) in [5.41, 5.74) is -0.172. The van der Waals surface area contributed by atoms with Gasteiger partial charge in [0.2, 0.25) is 0 Å². The minimum atomic E-state index is -4.26. The van der Waals surface area contributed by atoms with Crippen molar-refractivity contribution >= 4 is 77.1 Å². The van der Waals surface area contributed by atoms with Crippen molar-refractivity contribution in [1.29, 1.82) is 0 Å². The van der Waals surface area contributed by atoms with Gasteiger partial charge in [-0.25, -0.2) is 16.8 Å². The van der Waals surface area contributed by atoms with Crippen molar-refractivity contribution in [1.82, 2.24) is 0 Å². The van der Waals surface area contributed by atoms with Gasteiger partial charge < -0.3 is 4.74 Å². The monoisotopic (exact) mass is 634 g/mol. The molecule has 13 heteroatoms. The maximum Gasteiger partial charge on any atom is 0.321 e. The molecule has 1 atom stereocenters. The lowest BCUT2D eigenvalue weighted by Crippen LogP contribution is -2.25. The number of esters is 1. The van der Waals surface area contributed by atoms with Crippen LogP contribution in [0.1, 0.15) is 25.3 Å². The summed E-state index contributed by atoms with van der Waals surface area (Å²) in [6, 6.07) is 18.5. The van der Waals surface area contributed by atoms with Gasteiger partial charge in [-0.1, -0.05) is 47.5 Å². The predicted molar refractivity (Wildman–Crippen MR) is 159 cm³/mol. The first kappa shape index (κ1) is 30.3. The maximum absolute atomic E-state index is 13.4. The summed E-state index contributed by atoms with van der Waals surface area (Å²) in [5.74, 6) is -3.13. The van der Waals surface area contributed by atoms with Crippen LogP contribution in [0, 0.1) is 0 Å². The van der Waals surface area contributed by atoms with Gasteiger partial charge >= 0.3 is 5.97 Å². The molecular weight excluding hydrogens is 611 g/mol. The summed E-state index contributed by atoms with van der Waals surface area (Å²) >= 11 is 11.8. The average Bonchev–Trinajstić information content (AvgIpc) is 2.91. The van der Waals surface area contributed by atoms with Gasteiger partial charge in [0, 0.05) is 26.4 Å². The molecule has 0 aliphatic carbocycles. The summed E-state index contributed by atoms with van der Waals surface area (Å²) < 4.78 is 63.6. The third-order valence-corrected chi connectivity index (χ3v) is 9.29. The standard InChI is InChI=1S/C28H24Cl2N2O7S2/c1-3-39-28(34)26(17(2)33)24-16-25(31-40(35,36)20-12-8-18(29)9-13-20)22-6-4-5-7-23(22)27(24)32-41(37,38)21-14-10-19(30)11-15-21/h4-16,26,31-32H,3H2,1-2H3/t26-/m1/s1. The second kappa shape index (κ2) is 12.1. The van der Waals surface area contributed by atoms with E-state index in [4.69, 9.17) is 27.9 Å². The number of rotatable bonds is 10. The normalized spacial score (nSPS) is 12.5. The Kier molecular flexibility index (Phi) is 8.93. The van der Waals surface area contributed by atoms with Crippen molar-refractivity contribution in [3.05, 3.63) is 94.5 Å². The summed E-state index contributed by atoms with van der Waals surface area (Å²) in [5, 5.41) is 1.19. The van der Waals surface area contributed by atoms with Crippen LogP contribution in [0.25, 0.3) is 10.8 Å². The number of Topliss-reactive ketones (excluding diaryl/α,β-unsaturated/α-hetero) is 1. The third kappa shape index (κ3) is 6.65. The summed E-state index contributed by atoms with van der Waals surface area (Å²) in [6.07, 6.45) is 0. The highest BCUT2D eigenvalue weighted by molar-refractivity contribution is 7.93. The van der Waals surface area contributed by atoms with Crippen LogP contribution in [0.2, 0.25) is 10.0 Å². The lowest BCUT2D eigenvalue weighted by Gasteiger charge is -2.22. The van der Waals surface area contributed by atoms with E-state index in [1.165, 1.54) is 54.6 Å². The topological polar surface area (TPSA) is 136 Å². The van der Waals surface area contributed by atoms with Gasteiger partial charge in [-0.15, -0.1) is 0 Å². The van der Waals surface area contributed by atoms with Crippen molar-refractivity contribution in [2.75, 3.05) is 16.1 Å². The van der Waals surface area contributed by atoms with Crippen molar-refractivity contribution in [2.45, 2.75) is 29.6 Å². The molecule has 0 saturated carbocycles. The molecule has 214 valence electrons. The van der Waals surface area contributed by atoms with E-state index in [2.05, 4.69) is 9.44 Å². The first-order valence-electron chi connectivity index (χ1n) is 12.1. The molecule has 41 heavy (non-hydrogen) atoms. The SMILES string of the molecule is CCOC(=O)[C@H](C(C)=O)c1cc(NS(=O)(=O)c2ccc(Cl)cc2)c2ccccc2c1NS(=O)(=O)c1ccc(Cl)cc1. The highest BCUT2D eigenvalue weighted by atomic mass is 35.5. The largest absolute Gasteiger partial charge is 0.465 e. The van der Waals surface area contributed by atoms with Crippen molar-refractivity contribution in [3.8, 4) is 0 Å². The van der Waals surface area contributed by atoms with Crippen molar-refractivity contribution in [2.24, 2.45) is 0 Å². The number of sulfonamides is 2. The zero-order chi connectivity index (χ0) is 29.9. The molecular formula is C28H24Cl2N2O7S2. The summed E-state index contributed by atoms with van der Waals surface area (Å²) in [7, 11) is -8.43. The van der Waals surface area contributed by atoms with Gasteiger partial charge in [0.25, 0.3) is 20.0 Å². The molecule has 0 radical (unpaired) electrons. The lowest BCUT2D eigenvalue weighted by atomic mass is 9.90. The molecule has 0 aliphatic heterocycles. The molecule has 0 aromatic heterocycles. The molecule has 0 saturated heterocycles. The number of benzene rings is 4. The summed E-state index contributed by atoms with van der Waals surface area (Å²) in [4.78, 5) is 25.6. The molecule has 0 aliphatic rings. The molecule has 0 heterocycles. The van der Waals surface area contributed by atoms with Gasteiger partial charge in [0.1, 0.15) is 11.7 Å². The number of fused-ring (bicyclic) bond motifs is 1. The Morgan fingerprint density at radius 3 is 1.76 bits per heavy atom. The smallest absolute Gasteiger partial charge is 0.321 e. The minimum absolute atomic E-state index is 0.00976. The Balaban J connectivity index is 1.98. The summed E-state index contributed by atoms with van der Waals surface area (Å²) in [6.45, 7) is 2.68. The third-order valence-electron chi connectivity index (χ3n) is 6.04. The number of carbonyl (C=O) groups is 2. The maximum atomic E-state index is 13.4. The van der Waals surface area contributed by atoms with Gasteiger partial charge in [-0.2, -0.15) is 0 Å². The fourth-order valence-electron chi connectivity index (χ4n) is 4.18. The fraction of sp³-hybridized carbons (Fsp3) is 0.143. The van der Waals surface area contributed by atoms with Crippen LogP contribution < -0.4 is 9.44 Å². The highest BCUT2D eigenvalue weighted by Gasteiger charge is 2.33. The van der Waals surface area contributed by atoms with Gasteiger partial charge in [-0.05, 0) is 68.4 Å². The van der Waals surface area contributed by atoms with Crippen LogP contribution in [0.3, 0.4) is 0 Å². The van der Waals surface area contributed by atoms with Crippen LogP contribution in [0.15, 0.2) is 88.7 Å². The zero-order valence-corrected chi connectivity index (χ0v) is 24.9. The molecule has 0 spiro atoms. The van der Waals surface area contributed by atoms with Gasteiger partial charge in [0.15, 0.2) is 0 Å². The van der Waals surface area contributed by atoms with E-state index in [0.717, 1.165) is 6.92 Å². The molecule has 0 fully saturated rings. The minimum Gasteiger partial charge on any atom is -0.465 e. The van der Waals surface area contributed by atoms with Gasteiger partial charge in [-0.3, -0.25) is 19.0 Å². The molecule has 4 aromatic rings. The number of hydrogen-bond acceptors (Lipinski definition) is 7. The van der Waals surface area contributed by atoms with Gasteiger partial charge in [0.05, 0.1) is 27.8 Å². The first-order valence-corrected chi connectivity index (χ1v) is 15.9. The van der Waals surface area contributed by atoms with E-state index in [-0.39, 0.29) is 38.7 Å². The molecule has 0 amide bonds. The van der Waals surface area contributed by atoms with Crippen molar-refractivity contribution < 1.29 is 31.2 Å². The van der Waals surface area contributed by atoms with Crippen LogP contribution in [-0.4, -0.2) is 35.2 Å². The van der Waals surface area contributed by atoms with Crippen LogP contribution in [-0.2, 0) is 34.4 Å². The molecule has 0 unspecified atom stereocenters. The number of anilines is 2. The number of carbonyl (C=O) groups excluding carboxylic acids is 2. The Morgan fingerprint density at radius 2 is 1.27 bits per heavy atom. The lowest BCUT2D eigenvalue weighted by molar-refractivity contribution is -0.147. The second-order valence-electron chi connectivity index (χ2n) is 8.85. The molecule has 0 bridgehead atoms. The van der Waals surface area contributed by atoms with Crippen LogP contribution in [0.4, 0.5) is 11.4 Å². The number of nitrogens with one attached hydrogen (secondary N) is 2. The van der Waals surface area contributed by atoms with E-state index in [9.17, 15) is 26.4 Å². The molecule has 4 aromatic carbocycles. The Labute approximate surface area is 247 Å². The first-order chi connectivity index (χ1) is 19.3. The fourth-order valence-corrected chi connectivity index (χ4v) is 6.62. The van der Waals surface area contributed by atoms with E-state index in [0.29, 0.717) is 15.4 Å². The Hall–Kier alpha value is -3.64. The number of ether oxygens (including phenoxy) is 1. The predicted octanol–water partition coefficient (Wildman–Crippen LogP) is 5.98. The average molecular weight is 636 g/mol.